The van der Waals surface area contributed by atoms with E-state index in [-0.39, 0.29) is 0 Å². The van der Waals surface area contributed by atoms with Crippen LogP contribution in [0.2, 0.25) is 5.02 Å². The maximum absolute atomic E-state index is 5.97. The predicted molar refractivity (Wildman–Crippen MR) is 71.2 cm³/mol. The lowest BCUT2D eigenvalue weighted by Gasteiger charge is -2.22. The highest BCUT2D eigenvalue weighted by molar-refractivity contribution is 6.30. The van der Waals surface area contributed by atoms with Gasteiger partial charge in [0.2, 0.25) is 0 Å². The van der Waals surface area contributed by atoms with Gasteiger partial charge in [-0.15, -0.1) is 0 Å². The molecule has 0 bridgehead atoms. The third-order valence-corrected chi connectivity index (χ3v) is 3.27. The van der Waals surface area contributed by atoms with Crippen molar-refractivity contribution in [3.8, 4) is 0 Å². The number of nitrogen functional groups attached to an aromatic ring is 1. The largest absolute Gasteiger partial charge is 0.398 e. The highest BCUT2D eigenvalue weighted by Gasteiger charge is 2.15. The van der Waals surface area contributed by atoms with Crippen LogP contribution in [0.5, 0.6) is 0 Å². The molecule has 1 aromatic carbocycles. The van der Waals surface area contributed by atoms with E-state index in [4.69, 9.17) is 22.1 Å². The topological polar surface area (TPSA) is 38.5 Å². The molecule has 1 heterocycles. The molecule has 1 unspecified atom stereocenters. The van der Waals surface area contributed by atoms with Gasteiger partial charge in [0.15, 0.2) is 0 Å². The van der Waals surface area contributed by atoms with Gasteiger partial charge in [0, 0.05) is 37.0 Å². The van der Waals surface area contributed by atoms with Crippen molar-refractivity contribution in [3.63, 3.8) is 0 Å². The summed E-state index contributed by atoms with van der Waals surface area (Å²) in [6.45, 7) is 5.86. The van der Waals surface area contributed by atoms with Gasteiger partial charge in [0.05, 0.1) is 6.10 Å². The summed E-state index contributed by atoms with van der Waals surface area (Å²) in [6, 6.07) is 5.72. The molecule has 0 aliphatic carbocycles. The van der Waals surface area contributed by atoms with E-state index in [0.29, 0.717) is 11.1 Å². The zero-order valence-electron chi connectivity index (χ0n) is 10.2. The Labute approximate surface area is 107 Å². The summed E-state index contributed by atoms with van der Waals surface area (Å²) in [5.41, 5.74) is 7.89. The van der Waals surface area contributed by atoms with E-state index in [1.165, 1.54) is 0 Å². The monoisotopic (exact) mass is 254 g/mol. The average Bonchev–Trinajstić information content (AvgIpc) is 2.47. The summed E-state index contributed by atoms with van der Waals surface area (Å²) in [6.07, 6.45) is 1.38. The Bertz CT molecular complexity index is 384. The third kappa shape index (κ3) is 3.60. The number of benzene rings is 1. The van der Waals surface area contributed by atoms with Gasteiger partial charge in [-0.1, -0.05) is 17.7 Å². The number of ether oxygens (including phenoxy) is 1. The molecule has 1 saturated heterocycles. The van der Waals surface area contributed by atoms with Crippen molar-refractivity contribution in [2.45, 2.75) is 26.0 Å². The number of nitrogens with two attached hydrogens (primary N) is 1. The lowest BCUT2D eigenvalue weighted by atomic mass is 10.1. The summed E-state index contributed by atoms with van der Waals surface area (Å²) < 4.78 is 5.63. The highest BCUT2D eigenvalue weighted by Crippen LogP contribution is 2.20. The minimum absolute atomic E-state index is 0.297. The summed E-state index contributed by atoms with van der Waals surface area (Å²) >= 11 is 5.90. The number of hydrogen-bond acceptors (Lipinski definition) is 3. The molecule has 0 saturated carbocycles. The van der Waals surface area contributed by atoms with E-state index in [1.807, 2.05) is 18.2 Å². The molecule has 1 aliphatic rings. The van der Waals surface area contributed by atoms with Crippen molar-refractivity contribution in [2.24, 2.45) is 0 Å². The van der Waals surface area contributed by atoms with Crippen LogP contribution in [0.3, 0.4) is 0 Å². The van der Waals surface area contributed by atoms with Crippen LogP contribution >= 0.6 is 11.6 Å². The molecule has 17 heavy (non-hydrogen) atoms. The molecule has 1 aromatic rings. The number of hydrogen-bond donors (Lipinski definition) is 1. The van der Waals surface area contributed by atoms with E-state index in [1.54, 1.807) is 0 Å². The van der Waals surface area contributed by atoms with E-state index in [2.05, 4.69) is 11.8 Å². The molecule has 2 rings (SSSR count). The van der Waals surface area contributed by atoms with Gasteiger partial charge in [-0.25, -0.2) is 0 Å². The Morgan fingerprint density at radius 3 is 3.12 bits per heavy atom. The SMILES string of the molecule is CC1CN(Cc2ccc(Cl)cc2N)CCCO1. The average molecular weight is 255 g/mol. The van der Waals surface area contributed by atoms with Crippen molar-refractivity contribution in [2.75, 3.05) is 25.4 Å². The Kier molecular flexibility index (Phi) is 4.26. The molecule has 4 heteroatoms. The van der Waals surface area contributed by atoms with Crippen LogP contribution < -0.4 is 5.73 Å². The maximum atomic E-state index is 5.97. The fraction of sp³-hybridized carbons (Fsp3) is 0.538. The second kappa shape index (κ2) is 5.71. The van der Waals surface area contributed by atoms with E-state index in [0.717, 1.165) is 43.9 Å². The zero-order valence-corrected chi connectivity index (χ0v) is 10.9. The van der Waals surface area contributed by atoms with Gasteiger partial charge in [0.25, 0.3) is 0 Å². The van der Waals surface area contributed by atoms with Crippen LogP contribution in [0.4, 0.5) is 5.69 Å². The van der Waals surface area contributed by atoms with Gasteiger partial charge in [-0.2, -0.15) is 0 Å². The van der Waals surface area contributed by atoms with Gasteiger partial charge in [0.1, 0.15) is 0 Å². The Morgan fingerprint density at radius 1 is 1.53 bits per heavy atom. The first-order chi connectivity index (χ1) is 8.15. The number of halogens is 1. The lowest BCUT2D eigenvalue weighted by molar-refractivity contribution is 0.0668. The number of anilines is 1. The van der Waals surface area contributed by atoms with E-state index in [9.17, 15) is 0 Å². The van der Waals surface area contributed by atoms with Crippen molar-refractivity contribution in [3.05, 3.63) is 28.8 Å². The number of rotatable bonds is 2. The number of nitrogens with zero attached hydrogens (tertiary/aromatic N) is 1. The highest BCUT2D eigenvalue weighted by atomic mass is 35.5. The Hall–Kier alpha value is -0.770. The van der Waals surface area contributed by atoms with Crippen molar-refractivity contribution in [1.29, 1.82) is 0 Å². The zero-order chi connectivity index (χ0) is 12.3. The molecule has 1 atom stereocenters. The normalized spacial score (nSPS) is 22.4. The molecule has 2 N–H and O–H groups in total. The first-order valence-electron chi connectivity index (χ1n) is 6.03. The molecule has 1 fully saturated rings. The van der Waals surface area contributed by atoms with Gasteiger partial charge in [-0.05, 0) is 31.0 Å². The van der Waals surface area contributed by atoms with E-state index >= 15 is 0 Å². The van der Waals surface area contributed by atoms with Crippen LogP contribution in [0.1, 0.15) is 18.9 Å². The third-order valence-electron chi connectivity index (χ3n) is 3.04. The van der Waals surface area contributed by atoms with Crippen molar-refractivity contribution >= 4 is 17.3 Å². The lowest BCUT2D eigenvalue weighted by Crippen LogP contribution is -2.30. The van der Waals surface area contributed by atoms with Crippen LogP contribution in [-0.2, 0) is 11.3 Å². The first kappa shape index (κ1) is 12.7. The van der Waals surface area contributed by atoms with Gasteiger partial charge >= 0.3 is 0 Å². The molecular formula is C13H19ClN2O. The van der Waals surface area contributed by atoms with Gasteiger partial charge in [-0.3, -0.25) is 4.90 Å². The summed E-state index contributed by atoms with van der Waals surface area (Å²) in [4.78, 5) is 2.39. The van der Waals surface area contributed by atoms with Crippen LogP contribution in [0, 0.1) is 0 Å². The minimum Gasteiger partial charge on any atom is -0.398 e. The Morgan fingerprint density at radius 2 is 2.35 bits per heavy atom. The summed E-state index contributed by atoms with van der Waals surface area (Å²) in [5.74, 6) is 0. The molecule has 0 aromatic heterocycles. The smallest absolute Gasteiger partial charge is 0.0674 e. The molecule has 1 aliphatic heterocycles. The van der Waals surface area contributed by atoms with Crippen LogP contribution in [0.15, 0.2) is 18.2 Å². The second-order valence-electron chi connectivity index (χ2n) is 4.61. The molecular weight excluding hydrogens is 236 g/mol. The quantitative estimate of drug-likeness (QED) is 0.825. The molecule has 0 radical (unpaired) electrons. The standard InChI is InChI=1S/C13H19ClN2O/c1-10-8-16(5-2-6-17-10)9-11-3-4-12(14)7-13(11)15/h3-4,7,10H,2,5-6,8-9,15H2,1H3. The molecule has 0 amide bonds. The molecule has 94 valence electrons. The van der Waals surface area contributed by atoms with Crippen LogP contribution in [-0.4, -0.2) is 30.7 Å². The summed E-state index contributed by atoms with van der Waals surface area (Å²) in [7, 11) is 0. The summed E-state index contributed by atoms with van der Waals surface area (Å²) in [5, 5.41) is 0.693. The van der Waals surface area contributed by atoms with E-state index < -0.39 is 0 Å². The fourth-order valence-corrected chi connectivity index (χ4v) is 2.36. The second-order valence-corrected chi connectivity index (χ2v) is 5.05. The van der Waals surface area contributed by atoms with Crippen molar-refractivity contribution < 1.29 is 4.74 Å². The van der Waals surface area contributed by atoms with Crippen molar-refractivity contribution in [1.82, 2.24) is 4.90 Å². The maximum Gasteiger partial charge on any atom is 0.0674 e. The first-order valence-corrected chi connectivity index (χ1v) is 6.41. The molecule has 0 spiro atoms. The van der Waals surface area contributed by atoms with Crippen LogP contribution in [0.25, 0.3) is 0 Å². The minimum atomic E-state index is 0.297. The Balaban J connectivity index is 2.03. The predicted octanol–water partition coefficient (Wildman–Crippen LogP) is 2.53. The van der Waals surface area contributed by atoms with Gasteiger partial charge < -0.3 is 10.5 Å². The fourth-order valence-electron chi connectivity index (χ4n) is 2.17. The molecule has 3 nitrogen and oxygen atoms in total.